The van der Waals surface area contributed by atoms with Gasteiger partial charge in [-0.2, -0.15) is 0 Å². The van der Waals surface area contributed by atoms with Crippen molar-refractivity contribution >= 4 is 57.2 Å². The van der Waals surface area contributed by atoms with Crippen LogP contribution in [0.3, 0.4) is 0 Å². The molecule has 0 spiro atoms. The quantitative estimate of drug-likeness (QED) is 0.163. The van der Waals surface area contributed by atoms with E-state index < -0.39 is 0 Å². The summed E-state index contributed by atoms with van der Waals surface area (Å²) in [6.45, 7) is 41.6. The van der Waals surface area contributed by atoms with E-state index in [0.29, 0.717) is 0 Å². The summed E-state index contributed by atoms with van der Waals surface area (Å²) in [6, 6.07) is 39.6. The van der Waals surface area contributed by atoms with Crippen LogP contribution in [0.2, 0.25) is 0 Å². The third kappa shape index (κ3) is 6.48. The molecular weight excluding hydrogens is 808 g/mol. The molecule has 0 saturated carbocycles. The fourth-order valence-electron chi connectivity index (χ4n) is 14.6. The van der Waals surface area contributed by atoms with Crippen molar-refractivity contribution in [3.05, 3.63) is 147 Å². The van der Waals surface area contributed by atoms with Crippen LogP contribution in [-0.4, -0.2) is 6.71 Å². The molecule has 0 amide bonds. The van der Waals surface area contributed by atoms with Crippen molar-refractivity contribution in [2.45, 2.75) is 181 Å². The lowest BCUT2D eigenvalue weighted by atomic mass is 9.32. The molecule has 6 aromatic carbocycles. The van der Waals surface area contributed by atoms with Gasteiger partial charge in [0.05, 0.1) is 5.69 Å². The largest absolute Gasteiger partial charge is 0.311 e. The molecule has 6 aromatic rings. The lowest BCUT2D eigenvalue weighted by Crippen LogP contribution is -2.62. The predicted molar refractivity (Wildman–Crippen MR) is 291 cm³/mol. The second-order valence-electron chi connectivity index (χ2n) is 26.9. The Morgan fingerprint density at radius 1 is 0.433 bits per heavy atom. The average molecular weight is 883 g/mol. The van der Waals surface area contributed by atoms with Crippen LogP contribution in [0.4, 0.5) is 34.1 Å². The third-order valence-corrected chi connectivity index (χ3v) is 17.8. The van der Waals surface area contributed by atoms with Crippen molar-refractivity contribution in [1.29, 1.82) is 0 Å². The minimum atomic E-state index is -0.00550. The van der Waals surface area contributed by atoms with Crippen LogP contribution in [-0.2, 0) is 37.9 Å². The number of anilines is 6. The monoisotopic (exact) mass is 883 g/mol. The zero-order valence-corrected chi connectivity index (χ0v) is 44.0. The highest BCUT2D eigenvalue weighted by Crippen LogP contribution is 2.57. The summed E-state index contributed by atoms with van der Waals surface area (Å²) in [4.78, 5) is 5.46. The summed E-state index contributed by atoms with van der Waals surface area (Å²) < 4.78 is 0. The molecule has 2 aliphatic heterocycles. The van der Waals surface area contributed by atoms with Gasteiger partial charge in [-0.15, -0.1) is 0 Å². The molecule has 5 aliphatic rings. The summed E-state index contributed by atoms with van der Waals surface area (Å²) in [5, 5.41) is 0. The number of aryl methyl sites for hydroxylation is 2. The van der Waals surface area contributed by atoms with Gasteiger partial charge in [0.1, 0.15) is 0 Å². The second kappa shape index (κ2) is 13.8. The highest BCUT2D eigenvalue weighted by Gasteiger charge is 2.51. The first-order valence-electron chi connectivity index (χ1n) is 25.6. The number of rotatable bonds is 3. The van der Waals surface area contributed by atoms with Gasteiger partial charge < -0.3 is 9.80 Å². The number of fused-ring (bicyclic) bond motifs is 7. The molecule has 11 rings (SSSR count). The number of nitrogens with zero attached hydrogens (tertiary/aromatic N) is 2. The minimum Gasteiger partial charge on any atom is -0.311 e. The molecule has 0 bridgehead atoms. The van der Waals surface area contributed by atoms with E-state index in [9.17, 15) is 0 Å². The molecule has 0 aromatic heterocycles. The molecule has 0 saturated heterocycles. The highest BCUT2D eigenvalue weighted by atomic mass is 15.2. The molecule has 3 heteroatoms. The van der Waals surface area contributed by atoms with E-state index in [1.54, 1.807) is 0 Å². The van der Waals surface area contributed by atoms with Crippen LogP contribution in [0, 0.1) is 13.8 Å². The van der Waals surface area contributed by atoms with E-state index in [4.69, 9.17) is 0 Å². The van der Waals surface area contributed by atoms with Gasteiger partial charge in [-0.25, -0.2) is 0 Å². The standard InChI is InChI=1S/C64H75BN2/c1-38-27-55-57-56(28-38)67(52-33-47-43(29-39(52)2)61(10,11)36-63(47,14)15)54-35-48-45(62(12,13)37-64(48,16)17)32-50(54)65(57)49-31-44-46(60(8,9)26-25-59(44,6)7)34-53(49)66(55)51-24-23-41(58(3,4)5)30-42(51)40-21-19-18-20-22-40/h18-24,27-35H,25-26,36-37H2,1-17H3. The van der Waals surface area contributed by atoms with Crippen molar-refractivity contribution in [3.8, 4) is 11.1 Å². The normalized spacial score (nSPS) is 20.4. The molecule has 3 aliphatic carbocycles. The van der Waals surface area contributed by atoms with Gasteiger partial charge in [0.15, 0.2) is 0 Å². The highest BCUT2D eigenvalue weighted by molar-refractivity contribution is 7.00. The molecule has 344 valence electrons. The van der Waals surface area contributed by atoms with Crippen molar-refractivity contribution in [3.63, 3.8) is 0 Å². The molecule has 2 heterocycles. The molecule has 0 unspecified atom stereocenters. The zero-order valence-electron chi connectivity index (χ0n) is 44.0. The Bertz CT molecular complexity index is 3090. The Balaban J connectivity index is 1.30. The van der Waals surface area contributed by atoms with Crippen LogP contribution in [0.25, 0.3) is 11.1 Å². The van der Waals surface area contributed by atoms with Crippen LogP contribution in [0.5, 0.6) is 0 Å². The first-order chi connectivity index (χ1) is 31.1. The lowest BCUT2D eigenvalue weighted by Gasteiger charge is -2.48. The van der Waals surface area contributed by atoms with E-state index in [1.165, 1.54) is 125 Å². The third-order valence-electron chi connectivity index (χ3n) is 17.8. The van der Waals surface area contributed by atoms with Crippen molar-refractivity contribution in [2.24, 2.45) is 0 Å². The van der Waals surface area contributed by atoms with Crippen LogP contribution in [0.15, 0.2) is 97.1 Å². The number of hydrogen-bond donors (Lipinski definition) is 0. The van der Waals surface area contributed by atoms with Crippen LogP contribution < -0.4 is 26.2 Å². The predicted octanol–water partition coefficient (Wildman–Crippen LogP) is 15.6. The second-order valence-corrected chi connectivity index (χ2v) is 26.9. The Hall–Kier alpha value is -5.02. The number of hydrogen-bond acceptors (Lipinski definition) is 2. The number of benzene rings is 6. The molecule has 0 atom stereocenters. The Morgan fingerprint density at radius 3 is 1.37 bits per heavy atom. The fraction of sp³-hybridized carbons (Fsp3) is 0.438. The summed E-state index contributed by atoms with van der Waals surface area (Å²) >= 11 is 0. The Morgan fingerprint density at radius 2 is 0.866 bits per heavy atom. The van der Waals surface area contributed by atoms with E-state index in [2.05, 4.69) is 225 Å². The minimum absolute atomic E-state index is 0.00550. The van der Waals surface area contributed by atoms with Crippen LogP contribution in [0.1, 0.15) is 180 Å². The van der Waals surface area contributed by atoms with Gasteiger partial charge >= 0.3 is 0 Å². The summed E-state index contributed by atoms with van der Waals surface area (Å²) in [7, 11) is 0. The maximum Gasteiger partial charge on any atom is 0.252 e. The van der Waals surface area contributed by atoms with E-state index >= 15 is 0 Å². The summed E-state index contributed by atoms with van der Waals surface area (Å²) in [6.07, 6.45) is 4.64. The molecule has 0 radical (unpaired) electrons. The summed E-state index contributed by atoms with van der Waals surface area (Å²) in [5.74, 6) is 0. The molecule has 67 heavy (non-hydrogen) atoms. The van der Waals surface area contributed by atoms with E-state index in [-0.39, 0.29) is 44.6 Å². The SMILES string of the molecule is Cc1cc2c3c(c1)N(c1ccc(C(C)(C)C)cc1-c1ccccc1)c1cc4c(cc1B3c1cc3c(cc1N2c1cc2c(cc1C)C(C)(C)CC2(C)C)C(C)(C)CC3(C)C)C(C)(C)CCC4(C)C. The van der Waals surface area contributed by atoms with Gasteiger partial charge in [0.25, 0.3) is 6.71 Å². The molecular formula is C64H75BN2. The van der Waals surface area contributed by atoms with E-state index in [0.717, 1.165) is 12.8 Å². The zero-order chi connectivity index (χ0) is 47.9. The lowest BCUT2D eigenvalue weighted by molar-refractivity contribution is 0.332. The van der Waals surface area contributed by atoms with E-state index in [1.807, 2.05) is 0 Å². The maximum atomic E-state index is 2.74. The van der Waals surface area contributed by atoms with Crippen molar-refractivity contribution in [1.82, 2.24) is 0 Å². The van der Waals surface area contributed by atoms with Crippen molar-refractivity contribution < 1.29 is 0 Å². The van der Waals surface area contributed by atoms with Crippen molar-refractivity contribution in [2.75, 3.05) is 9.80 Å². The van der Waals surface area contributed by atoms with Gasteiger partial charge in [-0.3, -0.25) is 0 Å². The smallest absolute Gasteiger partial charge is 0.252 e. The first-order valence-corrected chi connectivity index (χ1v) is 25.6. The average Bonchev–Trinajstić information content (AvgIpc) is 3.54. The Labute approximate surface area is 404 Å². The first kappa shape index (κ1) is 44.5. The fourth-order valence-corrected chi connectivity index (χ4v) is 14.6. The van der Waals surface area contributed by atoms with Gasteiger partial charge in [-0.05, 0) is 192 Å². The molecule has 0 fully saturated rings. The van der Waals surface area contributed by atoms with Gasteiger partial charge in [0, 0.05) is 34.0 Å². The maximum absolute atomic E-state index is 2.74. The summed E-state index contributed by atoms with van der Waals surface area (Å²) in [5.41, 5.74) is 28.2. The van der Waals surface area contributed by atoms with Gasteiger partial charge in [-0.1, -0.05) is 158 Å². The van der Waals surface area contributed by atoms with Gasteiger partial charge in [0.2, 0.25) is 0 Å². The topological polar surface area (TPSA) is 6.48 Å². The molecule has 0 N–H and O–H groups in total. The Kier molecular flexibility index (Phi) is 9.18. The molecule has 2 nitrogen and oxygen atoms in total. The van der Waals surface area contributed by atoms with Crippen LogP contribution >= 0.6 is 0 Å².